The lowest BCUT2D eigenvalue weighted by Gasteiger charge is -2.20. The Morgan fingerprint density at radius 3 is 2.38 bits per heavy atom. The Kier molecular flexibility index (Phi) is 5.25. The van der Waals surface area contributed by atoms with Gasteiger partial charge >= 0.3 is 0 Å². The highest BCUT2D eigenvalue weighted by atomic mass is 32.2. The number of rotatable bonds is 8. The molecule has 1 N–H and O–H groups in total. The lowest BCUT2D eigenvalue weighted by Crippen LogP contribution is -2.27. The maximum absolute atomic E-state index is 11.4. The van der Waals surface area contributed by atoms with Crippen LogP contribution < -0.4 is 5.32 Å². The zero-order valence-corrected chi connectivity index (χ0v) is 11.5. The zero-order valence-electron chi connectivity index (χ0n) is 10.7. The van der Waals surface area contributed by atoms with Gasteiger partial charge in [-0.15, -0.1) is 0 Å². The van der Waals surface area contributed by atoms with Crippen molar-refractivity contribution in [1.29, 1.82) is 0 Å². The van der Waals surface area contributed by atoms with Gasteiger partial charge in [0.1, 0.15) is 9.84 Å². The van der Waals surface area contributed by atoms with Gasteiger partial charge in [0, 0.05) is 11.8 Å². The van der Waals surface area contributed by atoms with Crippen LogP contribution in [0.5, 0.6) is 0 Å². The largest absolute Gasteiger partial charge is 0.314 e. The molecule has 1 rings (SSSR count). The first kappa shape index (κ1) is 14.0. The first-order valence-electron chi connectivity index (χ1n) is 6.38. The first-order valence-corrected chi connectivity index (χ1v) is 8.20. The minimum Gasteiger partial charge on any atom is -0.314 e. The fourth-order valence-electron chi connectivity index (χ4n) is 1.64. The summed E-state index contributed by atoms with van der Waals surface area (Å²) in [7, 11) is -2.79. The van der Waals surface area contributed by atoms with Crippen molar-refractivity contribution < 1.29 is 8.42 Å². The van der Waals surface area contributed by atoms with E-state index in [1.165, 1.54) is 12.8 Å². The van der Waals surface area contributed by atoms with Crippen LogP contribution in [0.1, 0.15) is 40.0 Å². The Morgan fingerprint density at radius 1 is 1.25 bits per heavy atom. The molecule has 4 heteroatoms. The normalized spacial score (nSPS) is 20.7. The maximum atomic E-state index is 11.4. The Balaban J connectivity index is 2.19. The standard InChI is InChI=1S/C12H25NO2S/c1-4-16(14,15)8-7-10(2)11(3)9-13-12-5-6-12/h10-13H,4-9H2,1-3H3. The third kappa shape index (κ3) is 5.30. The van der Waals surface area contributed by atoms with Gasteiger partial charge in [0.15, 0.2) is 0 Å². The smallest absolute Gasteiger partial charge is 0.150 e. The quantitative estimate of drug-likeness (QED) is 0.712. The lowest BCUT2D eigenvalue weighted by atomic mass is 9.93. The van der Waals surface area contributed by atoms with Gasteiger partial charge in [-0.1, -0.05) is 20.8 Å². The predicted molar refractivity (Wildman–Crippen MR) is 68.3 cm³/mol. The molecule has 2 unspecified atom stereocenters. The summed E-state index contributed by atoms with van der Waals surface area (Å²) >= 11 is 0. The summed E-state index contributed by atoms with van der Waals surface area (Å²) in [4.78, 5) is 0. The summed E-state index contributed by atoms with van der Waals surface area (Å²) in [5.41, 5.74) is 0. The SMILES string of the molecule is CCS(=O)(=O)CCC(C)C(C)CNC1CC1. The molecule has 0 aromatic carbocycles. The molecule has 0 aromatic rings. The minimum atomic E-state index is -2.79. The van der Waals surface area contributed by atoms with Crippen LogP contribution in [0, 0.1) is 11.8 Å². The van der Waals surface area contributed by atoms with Gasteiger partial charge in [-0.3, -0.25) is 0 Å². The Hall–Kier alpha value is -0.0900. The molecule has 3 nitrogen and oxygen atoms in total. The van der Waals surface area contributed by atoms with Crippen molar-refractivity contribution in [2.45, 2.75) is 46.1 Å². The van der Waals surface area contributed by atoms with Gasteiger partial charge in [0.05, 0.1) is 5.75 Å². The summed E-state index contributed by atoms with van der Waals surface area (Å²) < 4.78 is 22.8. The van der Waals surface area contributed by atoms with Crippen LogP contribution in [-0.4, -0.2) is 32.5 Å². The van der Waals surface area contributed by atoms with Gasteiger partial charge in [-0.2, -0.15) is 0 Å². The minimum absolute atomic E-state index is 0.272. The van der Waals surface area contributed by atoms with E-state index in [9.17, 15) is 8.42 Å². The van der Waals surface area contributed by atoms with E-state index in [-0.39, 0.29) is 5.75 Å². The van der Waals surface area contributed by atoms with E-state index in [1.807, 2.05) is 0 Å². The molecule has 1 saturated carbocycles. The second-order valence-electron chi connectivity index (χ2n) is 5.16. The molecule has 0 amide bonds. The van der Waals surface area contributed by atoms with Crippen molar-refractivity contribution in [3.63, 3.8) is 0 Å². The van der Waals surface area contributed by atoms with Gasteiger partial charge in [-0.25, -0.2) is 8.42 Å². The highest BCUT2D eigenvalue weighted by molar-refractivity contribution is 7.91. The highest BCUT2D eigenvalue weighted by Crippen LogP contribution is 2.21. The van der Waals surface area contributed by atoms with Crippen molar-refractivity contribution in [3.8, 4) is 0 Å². The molecule has 0 aromatic heterocycles. The zero-order chi connectivity index (χ0) is 12.2. The maximum Gasteiger partial charge on any atom is 0.150 e. The van der Waals surface area contributed by atoms with E-state index in [0.717, 1.165) is 19.0 Å². The van der Waals surface area contributed by atoms with Crippen LogP contribution in [-0.2, 0) is 9.84 Å². The van der Waals surface area contributed by atoms with Crippen LogP contribution in [0.2, 0.25) is 0 Å². The van der Waals surface area contributed by atoms with Gasteiger partial charge in [0.25, 0.3) is 0 Å². The molecule has 0 heterocycles. The number of sulfone groups is 1. The van der Waals surface area contributed by atoms with Crippen molar-refractivity contribution in [1.82, 2.24) is 5.32 Å². The summed E-state index contributed by atoms with van der Waals surface area (Å²) in [5.74, 6) is 1.66. The fraction of sp³-hybridized carbons (Fsp3) is 1.00. The molecular formula is C12H25NO2S. The highest BCUT2D eigenvalue weighted by Gasteiger charge is 2.22. The van der Waals surface area contributed by atoms with Crippen LogP contribution >= 0.6 is 0 Å². The van der Waals surface area contributed by atoms with E-state index in [1.54, 1.807) is 6.92 Å². The number of hydrogen-bond acceptors (Lipinski definition) is 3. The second-order valence-corrected chi connectivity index (χ2v) is 7.63. The van der Waals surface area contributed by atoms with Crippen LogP contribution in [0.4, 0.5) is 0 Å². The molecule has 16 heavy (non-hydrogen) atoms. The molecule has 2 atom stereocenters. The van der Waals surface area contributed by atoms with E-state index in [2.05, 4.69) is 19.2 Å². The average Bonchev–Trinajstić information content (AvgIpc) is 3.06. The molecule has 0 bridgehead atoms. The molecule has 1 aliphatic rings. The first-order chi connectivity index (χ1) is 7.44. The molecule has 0 radical (unpaired) electrons. The molecule has 0 aliphatic heterocycles. The molecule has 0 spiro atoms. The lowest BCUT2D eigenvalue weighted by molar-refractivity contribution is 0.357. The average molecular weight is 247 g/mol. The van der Waals surface area contributed by atoms with Crippen molar-refractivity contribution in [2.75, 3.05) is 18.1 Å². The Labute approximate surface area is 99.9 Å². The van der Waals surface area contributed by atoms with Gasteiger partial charge in [0.2, 0.25) is 0 Å². The topological polar surface area (TPSA) is 46.2 Å². The van der Waals surface area contributed by atoms with E-state index >= 15 is 0 Å². The number of nitrogens with one attached hydrogen (secondary N) is 1. The summed E-state index contributed by atoms with van der Waals surface area (Å²) in [6, 6.07) is 0.744. The van der Waals surface area contributed by atoms with Crippen LogP contribution in [0.15, 0.2) is 0 Å². The molecular weight excluding hydrogens is 222 g/mol. The Morgan fingerprint density at radius 2 is 1.88 bits per heavy atom. The predicted octanol–water partition coefficient (Wildman–Crippen LogP) is 1.84. The van der Waals surface area contributed by atoms with E-state index in [4.69, 9.17) is 0 Å². The number of hydrogen-bond donors (Lipinski definition) is 1. The molecule has 1 aliphatic carbocycles. The molecule has 96 valence electrons. The van der Waals surface area contributed by atoms with Crippen molar-refractivity contribution >= 4 is 9.84 Å². The van der Waals surface area contributed by atoms with Crippen LogP contribution in [0.3, 0.4) is 0 Å². The third-order valence-electron chi connectivity index (χ3n) is 3.60. The second kappa shape index (κ2) is 6.01. The molecule has 1 fully saturated rings. The monoisotopic (exact) mass is 247 g/mol. The van der Waals surface area contributed by atoms with Crippen molar-refractivity contribution in [2.24, 2.45) is 11.8 Å². The fourth-order valence-corrected chi connectivity index (χ4v) is 2.66. The third-order valence-corrected chi connectivity index (χ3v) is 5.34. The molecule has 0 saturated heterocycles. The summed E-state index contributed by atoms with van der Waals surface area (Å²) in [5, 5.41) is 3.50. The summed E-state index contributed by atoms with van der Waals surface area (Å²) in [6.07, 6.45) is 3.42. The Bertz CT molecular complexity index is 296. The van der Waals surface area contributed by atoms with Crippen LogP contribution in [0.25, 0.3) is 0 Å². The van der Waals surface area contributed by atoms with E-state index in [0.29, 0.717) is 17.6 Å². The van der Waals surface area contributed by atoms with E-state index < -0.39 is 9.84 Å². The van der Waals surface area contributed by atoms with Gasteiger partial charge in [-0.05, 0) is 37.6 Å². The van der Waals surface area contributed by atoms with Crippen molar-refractivity contribution in [3.05, 3.63) is 0 Å². The van der Waals surface area contributed by atoms with Gasteiger partial charge < -0.3 is 5.32 Å². The summed E-state index contributed by atoms with van der Waals surface area (Å²) in [6.45, 7) is 7.11.